The highest BCUT2D eigenvalue weighted by molar-refractivity contribution is 5.85. The van der Waals surface area contributed by atoms with E-state index in [0.717, 1.165) is 25.9 Å². The Morgan fingerprint density at radius 2 is 1.64 bits per heavy atom. The molecular formula is C18H34ClN2O+. The van der Waals surface area contributed by atoms with Gasteiger partial charge in [0.1, 0.15) is 6.23 Å². The summed E-state index contributed by atoms with van der Waals surface area (Å²) in [6.45, 7) is 6.05. The summed E-state index contributed by atoms with van der Waals surface area (Å²) in [5, 5.41) is 13.1. The molecule has 0 aliphatic heterocycles. The average molecular weight is 330 g/mol. The third-order valence-corrected chi connectivity index (χ3v) is 3.89. The van der Waals surface area contributed by atoms with Crippen LogP contribution in [-0.2, 0) is 6.54 Å². The van der Waals surface area contributed by atoms with Crippen molar-refractivity contribution >= 4 is 12.4 Å². The van der Waals surface area contributed by atoms with E-state index < -0.39 is 0 Å². The van der Waals surface area contributed by atoms with E-state index in [1.54, 1.807) is 0 Å². The molecule has 128 valence electrons. The van der Waals surface area contributed by atoms with Gasteiger partial charge in [-0.1, -0.05) is 45.4 Å². The summed E-state index contributed by atoms with van der Waals surface area (Å²) < 4.78 is 2.14. The SMILES string of the molecule is CCCCCCCCCC(O)NCC[n+]1ccc(C)cc1.Cl. The maximum atomic E-state index is 9.89. The zero-order chi connectivity index (χ0) is 15.3. The molecule has 0 spiro atoms. The van der Waals surface area contributed by atoms with Crippen LogP contribution in [0.5, 0.6) is 0 Å². The van der Waals surface area contributed by atoms with Gasteiger partial charge in [-0.25, -0.2) is 4.57 Å². The molecule has 1 heterocycles. The number of nitrogens with zero attached hydrogens (tertiary/aromatic N) is 1. The molecular weight excluding hydrogens is 296 g/mol. The summed E-state index contributed by atoms with van der Waals surface area (Å²) in [5.41, 5.74) is 1.28. The number of halogens is 1. The van der Waals surface area contributed by atoms with Crippen LogP contribution in [0.3, 0.4) is 0 Å². The summed E-state index contributed by atoms with van der Waals surface area (Å²) in [4.78, 5) is 0. The molecule has 0 aliphatic rings. The highest BCUT2D eigenvalue weighted by atomic mass is 35.5. The number of hydrogen-bond donors (Lipinski definition) is 2. The first-order valence-electron chi connectivity index (χ1n) is 8.59. The van der Waals surface area contributed by atoms with Gasteiger partial charge < -0.3 is 5.11 Å². The summed E-state index contributed by atoms with van der Waals surface area (Å²) in [6, 6.07) is 4.21. The van der Waals surface area contributed by atoms with E-state index in [1.807, 2.05) is 0 Å². The van der Waals surface area contributed by atoms with Crippen molar-refractivity contribution in [1.29, 1.82) is 0 Å². The summed E-state index contributed by atoms with van der Waals surface area (Å²) in [6.07, 6.45) is 13.7. The van der Waals surface area contributed by atoms with Crippen LogP contribution in [0.15, 0.2) is 24.5 Å². The first-order valence-corrected chi connectivity index (χ1v) is 8.59. The van der Waals surface area contributed by atoms with E-state index in [0.29, 0.717) is 0 Å². The second-order valence-corrected chi connectivity index (χ2v) is 5.99. The van der Waals surface area contributed by atoms with Crippen molar-refractivity contribution in [3.8, 4) is 0 Å². The van der Waals surface area contributed by atoms with Crippen molar-refractivity contribution < 1.29 is 9.67 Å². The molecule has 2 N–H and O–H groups in total. The lowest BCUT2D eigenvalue weighted by Crippen LogP contribution is -2.41. The number of pyridine rings is 1. The van der Waals surface area contributed by atoms with E-state index in [4.69, 9.17) is 0 Å². The van der Waals surface area contributed by atoms with E-state index in [9.17, 15) is 5.11 Å². The molecule has 0 aliphatic carbocycles. The third kappa shape index (κ3) is 11.0. The Kier molecular flexibility index (Phi) is 13.6. The second kappa shape index (κ2) is 14.0. The molecule has 22 heavy (non-hydrogen) atoms. The monoisotopic (exact) mass is 329 g/mol. The van der Waals surface area contributed by atoms with Crippen molar-refractivity contribution in [2.24, 2.45) is 0 Å². The number of aliphatic hydroxyl groups is 1. The highest BCUT2D eigenvalue weighted by Crippen LogP contribution is 2.09. The van der Waals surface area contributed by atoms with Gasteiger partial charge in [-0.05, 0) is 25.3 Å². The Morgan fingerprint density at radius 3 is 2.27 bits per heavy atom. The average Bonchev–Trinajstić information content (AvgIpc) is 2.48. The Balaban J connectivity index is 0.00000441. The fourth-order valence-electron chi connectivity index (χ4n) is 2.44. The molecule has 1 rings (SSSR count). The fourth-order valence-corrected chi connectivity index (χ4v) is 2.44. The molecule has 0 saturated carbocycles. The minimum absolute atomic E-state index is 0. The first-order chi connectivity index (χ1) is 10.2. The molecule has 1 unspecified atom stereocenters. The number of unbranched alkanes of at least 4 members (excludes halogenated alkanes) is 6. The topological polar surface area (TPSA) is 36.1 Å². The number of aromatic nitrogens is 1. The maximum Gasteiger partial charge on any atom is 0.169 e. The smallest absolute Gasteiger partial charge is 0.169 e. The van der Waals surface area contributed by atoms with Gasteiger partial charge in [-0.15, -0.1) is 12.4 Å². The van der Waals surface area contributed by atoms with Crippen LogP contribution in [0.25, 0.3) is 0 Å². The number of aryl methyl sites for hydroxylation is 1. The molecule has 0 aromatic carbocycles. The minimum atomic E-state index is -0.355. The Morgan fingerprint density at radius 1 is 1.05 bits per heavy atom. The molecule has 4 heteroatoms. The normalized spacial score (nSPS) is 12.0. The van der Waals surface area contributed by atoms with Gasteiger partial charge in [0.25, 0.3) is 0 Å². The van der Waals surface area contributed by atoms with Gasteiger partial charge in [0, 0.05) is 12.1 Å². The zero-order valence-electron chi connectivity index (χ0n) is 14.3. The fraction of sp³-hybridized carbons (Fsp3) is 0.722. The van der Waals surface area contributed by atoms with Crippen LogP contribution < -0.4 is 9.88 Å². The van der Waals surface area contributed by atoms with Crippen molar-refractivity contribution in [2.75, 3.05) is 6.54 Å². The quantitative estimate of drug-likeness (QED) is 0.348. The Labute approximate surface area is 142 Å². The third-order valence-electron chi connectivity index (χ3n) is 3.89. The Hall–Kier alpha value is -0.640. The summed E-state index contributed by atoms with van der Waals surface area (Å²) in [7, 11) is 0. The highest BCUT2D eigenvalue weighted by Gasteiger charge is 2.04. The van der Waals surface area contributed by atoms with Crippen molar-refractivity contribution in [2.45, 2.75) is 78.0 Å². The van der Waals surface area contributed by atoms with Gasteiger partial charge in [-0.3, -0.25) is 5.32 Å². The summed E-state index contributed by atoms with van der Waals surface area (Å²) in [5.74, 6) is 0. The lowest BCUT2D eigenvalue weighted by Gasteiger charge is -2.11. The van der Waals surface area contributed by atoms with Gasteiger partial charge in [0.15, 0.2) is 18.9 Å². The van der Waals surface area contributed by atoms with E-state index in [2.05, 4.69) is 48.3 Å². The van der Waals surface area contributed by atoms with Crippen LogP contribution in [0.2, 0.25) is 0 Å². The maximum absolute atomic E-state index is 9.89. The van der Waals surface area contributed by atoms with Gasteiger partial charge in [-0.2, -0.15) is 0 Å². The number of hydrogen-bond acceptors (Lipinski definition) is 2. The number of rotatable bonds is 12. The zero-order valence-corrected chi connectivity index (χ0v) is 15.1. The molecule has 3 nitrogen and oxygen atoms in total. The van der Waals surface area contributed by atoms with Crippen LogP contribution >= 0.6 is 12.4 Å². The molecule has 0 saturated heterocycles. The molecule has 0 amide bonds. The molecule has 0 radical (unpaired) electrons. The lowest BCUT2D eigenvalue weighted by atomic mass is 10.1. The molecule has 0 fully saturated rings. The number of nitrogens with one attached hydrogen (secondary N) is 1. The molecule has 0 bridgehead atoms. The van der Waals surface area contributed by atoms with E-state index in [-0.39, 0.29) is 18.6 Å². The van der Waals surface area contributed by atoms with Gasteiger partial charge in [0.2, 0.25) is 0 Å². The van der Waals surface area contributed by atoms with E-state index >= 15 is 0 Å². The first kappa shape index (κ1) is 21.4. The predicted molar refractivity (Wildman–Crippen MR) is 95.2 cm³/mol. The predicted octanol–water partition coefficient (Wildman–Crippen LogP) is 3.75. The van der Waals surface area contributed by atoms with Crippen molar-refractivity contribution in [3.63, 3.8) is 0 Å². The van der Waals surface area contributed by atoms with Crippen LogP contribution in [0.1, 0.15) is 63.9 Å². The van der Waals surface area contributed by atoms with E-state index in [1.165, 1.54) is 44.1 Å². The minimum Gasteiger partial charge on any atom is -0.379 e. The van der Waals surface area contributed by atoms with Crippen LogP contribution in [0.4, 0.5) is 0 Å². The van der Waals surface area contributed by atoms with Gasteiger partial charge in [0.05, 0.1) is 6.54 Å². The van der Waals surface area contributed by atoms with Crippen LogP contribution in [0, 0.1) is 6.92 Å². The lowest BCUT2D eigenvalue weighted by molar-refractivity contribution is -0.695. The van der Waals surface area contributed by atoms with Gasteiger partial charge >= 0.3 is 0 Å². The van der Waals surface area contributed by atoms with Crippen LogP contribution in [-0.4, -0.2) is 17.9 Å². The Bertz CT molecular complexity index is 357. The van der Waals surface area contributed by atoms with Crippen molar-refractivity contribution in [3.05, 3.63) is 30.1 Å². The van der Waals surface area contributed by atoms with Crippen molar-refractivity contribution in [1.82, 2.24) is 5.32 Å². The standard InChI is InChI=1S/C18H33N2O.ClH/c1-3-4-5-6-7-8-9-10-18(21)19-13-16-20-14-11-17(2)12-15-20;/h11-12,14-15,18-19,21H,3-10,13,16H2,1-2H3;1H/q+1;. The number of aliphatic hydroxyl groups excluding tert-OH is 1. The molecule has 1 aromatic heterocycles. The molecule has 1 aromatic rings. The summed E-state index contributed by atoms with van der Waals surface area (Å²) >= 11 is 0. The largest absolute Gasteiger partial charge is 0.379 e. The molecule has 1 atom stereocenters. The second-order valence-electron chi connectivity index (χ2n) is 5.99.